The molecule has 0 aliphatic rings. The highest BCUT2D eigenvalue weighted by molar-refractivity contribution is 9.11. The van der Waals surface area contributed by atoms with E-state index in [1.807, 2.05) is 24.3 Å². The molecule has 3 rings (SSSR count). The second-order valence-corrected chi connectivity index (χ2v) is 7.83. The quantitative estimate of drug-likeness (QED) is 0.532. The van der Waals surface area contributed by atoms with Gasteiger partial charge in [-0.15, -0.1) is 11.3 Å². The first-order chi connectivity index (χ1) is 11.7. The van der Waals surface area contributed by atoms with E-state index in [1.54, 1.807) is 17.5 Å². The second-order valence-electron chi connectivity index (χ2n) is 5.37. The maximum atomic E-state index is 4.61. The summed E-state index contributed by atoms with van der Waals surface area (Å²) in [5.74, 6) is 0.607. The van der Waals surface area contributed by atoms with Crippen molar-refractivity contribution in [3.05, 3.63) is 58.0 Å². The fourth-order valence-corrected chi connectivity index (χ4v) is 3.66. The smallest absolute Gasteiger partial charge is 0.227 e. The fourth-order valence-electron chi connectivity index (χ4n) is 2.31. The van der Waals surface area contributed by atoms with Crippen LogP contribution in [0.5, 0.6) is 0 Å². The lowest BCUT2D eigenvalue weighted by molar-refractivity contribution is 0.675. The van der Waals surface area contributed by atoms with E-state index >= 15 is 0 Å². The first-order valence-electron chi connectivity index (χ1n) is 7.90. The van der Waals surface area contributed by atoms with Crippen LogP contribution < -0.4 is 10.6 Å². The van der Waals surface area contributed by atoms with Crippen molar-refractivity contribution in [2.75, 3.05) is 11.9 Å². The van der Waals surface area contributed by atoms with Gasteiger partial charge >= 0.3 is 0 Å². The summed E-state index contributed by atoms with van der Waals surface area (Å²) in [6.45, 7) is 4.06. The third kappa shape index (κ3) is 4.63. The van der Waals surface area contributed by atoms with Crippen LogP contribution in [0.4, 0.5) is 11.6 Å². The van der Waals surface area contributed by atoms with Gasteiger partial charge in [-0.05, 0) is 64.8 Å². The molecule has 0 radical (unpaired) electrons. The molecule has 0 aliphatic heterocycles. The monoisotopic (exact) mass is 402 g/mol. The van der Waals surface area contributed by atoms with Gasteiger partial charge in [0.1, 0.15) is 0 Å². The molecule has 4 nitrogen and oxygen atoms in total. The standard InChI is InChI=1S/C18H19BrN4S/c1-2-9-20-12-13-4-3-5-14(11-13)22-18-21-10-8-15(23-18)16-6-7-17(19)24-16/h3-8,10-11,20H,2,9,12H2,1H3,(H,21,22,23). The van der Waals surface area contributed by atoms with Crippen LogP contribution >= 0.6 is 27.3 Å². The lowest BCUT2D eigenvalue weighted by Crippen LogP contribution is -2.13. The zero-order valence-corrected chi connectivity index (χ0v) is 15.8. The van der Waals surface area contributed by atoms with E-state index in [9.17, 15) is 0 Å². The Hall–Kier alpha value is -1.76. The molecule has 0 fully saturated rings. The van der Waals surface area contributed by atoms with E-state index in [2.05, 4.69) is 61.7 Å². The molecular weight excluding hydrogens is 384 g/mol. The Morgan fingerprint density at radius 3 is 2.88 bits per heavy atom. The summed E-state index contributed by atoms with van der Waals surface area (Å²) < 4.78 is 1.10. The highest BCUT2D eigenvalue weighted by atomic mass is 79.9. The minimum atomic E-state index is 0.607. The molecule has 3 aromatic rings. The van der Waals surface area contributed by atoms with E-state index in [-0.39, 0.29) is 0 Å². The Balaban J connectivity index is 1.73. The molecular formula is C18H19BrN4S. The van der Waals surface area contributed by atoms with Gasteiger partial charge in [-0.25, -0.2) is 9.97 Å². The number of halogens is 1. The maximum Gasteiger partial charge on any atom is 0.227 e. The summed E-state index contributed by atoms with van der Waals surface area (Å²) in [5.41, 5.74) is 3.16. The van der Waals surface area contributed by atoms with Gasteiger partial charge in [0.05, 0.1) is 14.4 Å². The molecule has 0 amide bonds. The number of benzene rings is 1. The normalized spacial score (nSPS) is 10.8. The molecule has 124 valence electrons. The lowest BCUT2D eigenvalue weighted by atomic mass is 10.2. The molecule has 0 saturated carbocycles. The molecule has 2 N–H and O–H groups in total. The number of nitrogens with zero attached hydrogens (tertiary/aromatic N) is 2. The van der Waals surface area contributed by atoms with Crippen LogP contribution in [0.3, 0.4) is 0 Å². The van der Waals surface area contributed by atoms with Crippen molar-refractivity contribution < 1.29 is 0 Å². The van der Waals surface area contributed by atoms with Crippen LogP contribution in [-0.2, 0) is 6.54 Å². The summed E-state index contributed by atoms with van der Waals surface area (Å²) in [6.07, 6.45) is 2.92. The topological polar surface area (TPSA) is 49.8 Å². The van der Waals surface area contributed by atoms with E-state index in [4.69, 9.17) is 0 Å². The van der Waals surface area contributed by atoms with Crippen LogP contribution in [0.25, 0.3) is 10.6 Å². The molecule has 0 unspecified atom stereocenters. The highest BCUT2D eigenvalue weighted by Crippen LogP contribution is 2.30. The van der Waals surface area contributed by atoms with Gasteiger partial charge in [0.2, 0.25) is 5.95 Å². The molecule has 24 heavy (non-hydrogen) atoms. The number of rotatable bonds is 7. The van der Waals surface area contributed by atoms with E-state index < -0.39 is 0 Å². The Bertz CT molecular complexity index is 803. The van der Waals surface area contributed by atoms with Crippen molar-refractivity contribution in [3.63, 3.8) is 0 Å². The number of hydrogen-bond donors (Lipinski definition) is 2. The van der Waals surface area contributed by atoms with Crippen LogP contribution in [0.15, 0.2) is 52.4 Å². The zero-order valence-electron chi connectivity index (χ0n) is 13.4. The van der Waals surface area contributed by atoms with Crippen LogP contribution in [0.1, 0.15) is 18.9 Å². The molecule has 6 heteroatoms. The Kier molecular flexibility index (Phi) is 5.96. The lowest BCUT2D eigenvalue weighted by Gasteiger charge is -2.08. The van der Waals surface area contributed by atoms with Crippen molar-refractivity contribution in [2.45, 2.75) is 19.9 Å². The minimum absolute atomic E-state index is 0.607. The van der Waals surface area contributed by atoms with Crippen LogP contribution in [0, 0.1) is 0 Å². The predicted molar refractivity (Wildman–Crippen MR) is 105 cm³/mol. The molecule has 0 atom stereocenters. The van der Waals surface area contributed by atoms with Crippen molar-refractivity contribution in [1.82, 2.24) is 15.3 Å². The molecule has 0 aliphatic carbocycles. The van der Waals surface area contributed by atoms with E-state index in [0.717, 1.165) is 39.6 Å². The average molecular weight is 403 g/mol. The zero-order chi connectivity index (χ0) is 16.8. The van der Waals surface area contributed by atoms with Gasteiger partial charge in [-0.1, -0.05) is 19.1 Å². The van der Waals surface area contributed by atoms with Gasteiger partial charge in [0.15, 0.2) is 0 Å². The Labute approximate surface area is 154 Å². The SMILES string of the molecule is CCCNCc1cccc(Nc2nccc(-c3ccc(Br)s3)n2)c1. The van der Waals surface area contributed by atoms with Gasteiger partial charge in [-0.3, -0.25) is 0 Å². The van der Waals surface area contributed by atoms with Gasteiger partial charge in [0, 0.05) is 18.4 Å². The molecule has 2 heterocycles. The van der Waals surface area contributed by atoms with Crippen molar-refractivity contribution in [1.29, 1.82) is 0 Å². The van der Waals surface area contributed by atoms with Gasteiger partial charge in [0.25, 0.3) is 0 Å². The number of hydrogen-bond acceptors (Lipinski definition) is 5. The van der Waals surface area contributed by atoms with Crippen molar-refractivity contribution in [2.24, 2.45) is 0 Å². The summed E-state index contributed by atoms with van der Waals surface area (Å²) >= 11 is 5.15. The molecule has 0 saturated heterocycles. The first kappa shape index (κ1) is 17.1. The molecule has 0 bridgehead atoms. The van der Waals surface area contributed by atoms with Crippen molar-refractivity contribution >= 4 is 38.9 Å². The molecule has 0 spiro atoms. The van der Waals surface area contributed by atoms with Gasteiger partial charge < -0.3 is 10.6 Å². The number of thiophene rings is 1. The second kappa shape index (κ2) is 8.37. The van der Waals surface area contributed by atoms with E-state index in [0.29, 0.717) is 5.95 Å². The Morgan fingerprint density at radius 2 is 2.08 bits per heavy atom. The average Bonchev–Trinajstić information content (AvgIpc) is 3.02. The molecule has 2 aromatic heterocycles. The Morgan fingerprint density at radius 1 is 1.17 bits per heavy atom. The number of nitrogens with one attached hydrogen (secondary N) is 2. The van der Waals surface area contributed by atoms with E-state index in [1.165, 1.54) is 5.56 Å². The van der Waals surface area contributed by atoms with Gasteiger partial charge in [-0.2, -0.15) is 0 Å². The largest absolute Gasteiger partial charge is 0.324 e. The van der Waals surface area contributed by atoms with Crippen LogP contribution in [-0.4, -0.2) is 16.5 Å². The maximum absolute atomic E-state index is 4.61. The van der Waals surface area contributed by atoms with Crippen molar-refractivity contribution in [3.8, 4) is 10.6 Å². The van der Waals surface area contributed by atoms with Crippen LogP contribution in [0.2, 0.25) is 0 Å². The predicted octanol–water partition coefficient (Wildman–Crippen LogP) is 5.21. The third-order valence-corrected chi connectivity index (χ3v) is 5.07. The number of anilines is 2. The fraction of sp³-hybridized carbons (Fsp3) is 0.222. The minimum Gasteiger partial charge on any atom is -0.324 e. The summed E-state index contributed by atoms with van der Waals surface area (Å²) in [6, 6.07) is 14.3. The first-order valence-corrected chi connectivity index (χ1v) is 9.51. The molecule has 1 aromatic carbocycles. The summed E-state index contributed by atoms with van der Waals surface area (Å²) in [5, 5.41) is 6.71. The summed E-state index contributed by atoms with van der Waals surface area (Å²) in [7, 11) is 0. The number of aromatic nitrogens is 2. The third-order valence-electron chi connectivity index (χ3n) is 3.42. The summed E-state index contributed by atoms with van der Waals surface area (Å²) in [4.78, 5) is 10.1. The highest BCUT2D eigenvalue weighted by Gasteiger charge is 2.05.